The van der Waals surface area contributed by atoms with Crippen LogP contribution in [0.15, 0.2) is 40.1 Å². The molecular weight excluding hydrogens is 408 g/mol. The molecule has 0 saturated carbocycles. The molecule has 0 aliphatic carbocycles. The molecule has 29 heavy (non-hydrogen) atoms. The second-order valence-corrected chi connectivity index (χ2v) is 11.5. The fourth-order valence-corrected chi connectivity index (χ4v) is 7.13. The molecule has 0 spiro atoms. The molecule has 1 aliphatic rings. The van der Waals surface area contributed by atoms with Crippen LogP contribution in [0.3, 0.4) is 0 Å². The molecule has 1 heterocycles. The van der Waals surface area contributed by atoms with Gasteiger partial charge in [0.15, 0.2) is 0 Å². The average Bonchev–Trinajstić information content (AvgIpc) is 2.67. The lowest BCUT2D eigenvalue weighted by Crippen LogP contribution is -2.50. The minimum atomic E-state index is -3.70. The highest BCUT2D eigenvalue weighted by Crippen LogP contribution is 2.30. The molecule has 0 unspecified atom stereocenters. The van der Waals surface area contributed by atoms with E-state index in [0.717, 1.165) is 27.8 Å². The number of benzene rings is 2. The molecule has 2 aromatic rings. The van der Waals surface area contributed by atoms with E-state index >= 15 is 0 Å². The molecule has 3 rings (SSSR count). The highest BCUT2D eigenvalue weighted by Gasteiger charge is 2.35. The zero-order chi connectivity index (χ0) is 21.6. The third-order valence-corrected chi connectivity index (χ3v) is 9.84. The molecule has 1 aliphatic heterocycles. The van der Waals surface area contributed by atoms with Gasteiger partial charge in [0.25, 0.3) is 0 Å². The maximum absolute atomic E-state index is 13.4. The molecule has 2 aromatic carbocycles. The van der Waals surface area contributed by atoms with Crippen molar-refractivity contribution in [2.75, 3.05) is 26.2 Å². The van der Waals surface area contributed by atoms with Crippen LogP contribution in [0.2, 0.25) is 0 Å². The fraction of sp³-hybridized carbons (Fsp3) is 0.429. The van der Waals surface area contributed by atoms with Crippen molar-refractivity contribution in [1.82, 2.24) is 8.61 Å². The normalized spacial score (nSPS) is 16.9. The van der Waals surface area contributed by atoms with Crippen LogP contribution in [-0.2, 0) is 20.0 Å². The zero-order valence-electron chi connectivity index (χ0n) is 17.6. The van der Waals surface area contributed by atoms with Gasteiger partial charge in [0.1, 0.15) is 0 Å². The van der Waals surface area contributed by atoms with E-state index in [2.05, 4.69) is 0 Å². The van der Waals surface area contributed by atoms with Crippen molar-refractivity contribution < 1.29 is 16.8 Å². The van der Waals surface area contributed by atoms with Crippen LogP contribution in [0.5, 0.6) is 0 Å². The Balaban J connectivity index is 1.85. The van der Waals surface area contributed by atoms with Gasteiger partial charge in [-0.1, -0.05) is 23.8 Å². The lowest BCUT2D eigenvalue weighted by molar-refractivity contribution is 0.272. The molecule has 0 aromatic heterocycles. The summed E-state index contributed by atoms with van der Waals surface area (Å²) in [6.07, 6.45) is 0. The van der Waals surface area contributed by atoms with Gasteiger partial charge in [-0.15, -0.1) is 0 Å². The maximum atomic E-state index is 13.4. The predicted octanol–water partition coefficient (Wildman–Crippen LogP) is 2.92. The average molecular weight is 437 g/mol. The summed E-state index contributed by atoms with van der Waals surface area (Å²) < 4.78 is 55.2. The fourth-order valence-electron chi connectivity index (χ4n) is 3.71. The summed E-state index contributed by atoms with van der Waals surface area (Å²) in [5, 5.41) is 0. The van der Waals surface area contributed by atoms with Crippen molar-refractivity contribution in [3.8, 4) is 0 Å². The van der Waals surface area contributed by atoms with E-state index in [1.807, 2.05) is 40.7 Å². The van der Waals surface area contributed by atoms with Crippen molar-refractivity contribution >= 4 is 20.0 Å². The Bertz CT molecular complexity index is 1100. The van der Waals surface area contributed by atoms with Gasteiger partial charge in [0, 0.05) is 26.2 Å². The Kier molecular flexibility index (Phi) is 5.93. The first-order valence-electron chi connectivity index (χ1n) is 9.60. The van der Waals surface area contributed by atoms with E-state index in [0.29, 0.717) is 4.90 Å². The maximum Gasteiger partial charge on any atom is 0.243 e. The monoisotopic (exact) mass is 436 g/mol. The number of aryl methyl sites for hydroxylation is 3. The highest BCUT2D eigenvalue weighted by molar-refractivity contribution is 7.89. The van der Waals surface area contributed by atoms with Crippen LogP contribution in [0, 0.1) is 34.6 Å². The van der Waals surface area contributed by atoms with Crippen LogP contribution in [0.25, 0.3) is 0 Å². The van der Waals surface area contributed by atoms with Crippen molar-refractivity contribution in [3.05, 3.63) is 58.1 Å². The number of hydrogen-bond acceptors (Lipinski definition) is 4. The number of sulfonamides is 2. The van der Waals surface area contributed by atoms with Crippen LogP contribution in [-0.4, -0.2) is 51.6 Å². The van der Waals surface area contributed by atoms with Crippen LogP contribution < -0.4 is 0 Å². The first-order valence-corrected chi connectivity index (χ1v) is 12.5. The summed E-state index contributed by atoms with van der Waals surface area (Å²) in [4.78, 5) is 0.588. The van der Waals surface area contributed by atoms with Crippen molar-refractivity contribution in [1.29, 1.82) is 0 Å². The van der Waals surface area contributed by atoms with Crippen LogP contribution in [0.4, 0.5) is 0 Å². The Labute approximate surface area is 174 Å². The van der Waals surface area contributed by atoms with Crippen molar-refractivity contribution in [3.63, 3.8) is 0 Å². The third kappa shape index (κ3) is 3.99. The molecule has 1 fully saturated rings. The SMILES string of the molecule is Cc1ccc(S(=O)(=O)N2CCN(S(=O)(=O)c3c(C)c(C)cc(C)c3C)CC2)cc1. The number of nitrogens with zero attached hydrogens (tertiary/aromatic N) is 2. The van der Waals surface area contributed by atoms with E-state index in [1.54, 1.807) is 24.3 Å². The smallest absolute Gasteiger partial charge is 0.207 e. The molecule has 0 atom stereocenters. The molecule has 0 N–H and O–H groups in total. The van der Waals surface area contributed by atoms with Gasteiger partial charge in [-0.3, -0.25) is 0 Å². The lowest BCUT2D eigenvalue weighted by Gasteiger charge is -2.34. The largest absolute Gasteiger partial charge is 0.243 e. The Morgan fingerprint density at radius 2 is 1.07 bits per heavy atom. The third-order valence-electron chi connectivity index (χ3n) is 5.75. The van der Waals surface area contributed by atoms with Crippen LogP contribution >= 0.6 is 0 Å². The molecule has 0 amide bonds. The first-order chi connectivity index (χ1) is 13.5. The Morgan fingerprint density at radius 1 is 0.655 bits per heavy atom. The van der Waals surface area contributed by atoms with Crippen molar-refractivity contribution in [2.45, 2.75) is 44.4 Å². The number of piperazine rings is 1. The van der Waals surface area contributed by atoms with Gasteiger partial charge < -0.3 is 0 Å². The van der Waals surface area contributed by atoms with E-state index in [-0.39, 0.29) is 31.1 Å². The summed E-state index contributed by atoms with van der Waals surface area (Å²) in [6, 6.07) is 8.71. The van der Waals surface area contributed by atoms with Gasteiger partial charge in [-0.25, -0.2) is 16.8 Å². The summed E-state index contributed by atoms with van der Waals surface area (Å²) in [5.41, 5.74) is 4.36. The van der Waals surface area contributed by atoms with Gasteiger partial charge >= 0.3 is 0 Å². The topological polar surface area (TPSA) is 74.8 Å². The predicted molar refractivity (Wildman–Crippen MR) is 114 cm³/mol. The molecule has 158 valence electrons. The molecule has 6 nitrogen and oxygen atoms in total. The first kappa shape index (κ1) is 22.0. The Morgan fingerprint density at radius 3 is 1.52 bits per heavy atom. The van der Waals surface area contributed by atoms with Gasteiger partial charge in [-0.2, -0.15) is 8.61 Å². The van der Waals surface area contributed by atoms with E-state index in [1.165, 1.54) is 8.61 Å². The minimum Gasteiger partial charge on any atom is -0.207 e. The molecule has 0 radical (unpaired) electrons. The van der Waals surface area contributed by atoms with Crippen molar-refractivity contribution in [2.24, 2.45) is 0 Å². The Hall–Kier alpha value is -1.74. The highest BCUT2D eigenvalue weighted by atomic mass is 32.2. The van der Waals surface area contributed by atoms with E-state index < -0.39 is 20.0 Å². The standard InChI is InChI=1S/C21H28N2O4S2/c1-15-6-8-20(9-7-15)28(24,25)22-10-12-23(13-11-22)29(26,27)21-18(4)16(2)14-17(3)19(21)5/h6-9,14H,10-13H2,1-5H3. The molecule has 0 bridgehead atoms. The minimum absolute atomic E-state index is 0.137. The van der Waals surface area contributed by atoms with Gasteiger partial charge in [0.2, 0.25) is 20.0 Å². The summed E-state index contributed by atoms with van der Waals surface area (Å²) in [6.45, 7) is 9.92. The molecule has 1 saturated heterocycles. The van der Waals surface area contributed by atoms with Gasteiger partial charge in [-0.05, 0) is 69.0 Å². The van der Waals surface area contributed by atoms with Crippen LogP contribution in [0.1, 0.15) is 27.8 Å². The summed E-state index contributed by atoms with van der Waals surface area (Å²) >= 11 is 0. The zero-order valence-corrected chi connectivity index (χ0v) is 19.2. The lowest BCUT2D eigenvalue weighted by atomic mass is 10.0. The molecular formula is C21H28N2O4S2. The summed E-state index contributed by atoms with van der Waals surface area (Å²) in [5.74, 6) is 0. The second kappa shape index (κ2) is 7.83. The number of rotatable bonds is 4. The van der Waals surface area contributed by atoms with E-state index in [4.69, 9.17) is 0 Å². The van der Waals surface area contributed by atoms with E-state index in [9.17, 15) is 16.8 Å². The second-order valence-electron chi connectivity index (χ2n) is 7.71. The quantitative estimate of drug-likeness (QED) is 0.739. The van der Waals surface area contributed by atoms with Gasteiger partial charge in [0.05, 0.1) is 9.79 Å². The number of hydrogen-bond donors (Lipinski definition) is 0. The summed E-state index contributed by atoms with van der Waals surface area (Å²) in [7, 11) is -7.33. The molecule has 8 heteroatoms.